The Hall–Kier alpha value is -1.93. The summed E-state index contributed by atoms with van der Waals surface area (Å²) in [7, 11) is 0. The highest BCUT2D eigenvalue weighted by Gasteiger charge is 2.29. The molecule has 0 aromatic carbocycles. The number of rotatable bonds is 3. The van der Waals surface area contributed by atoms with Crippen molar-refractivity contribution < 1.29 is 14.3 Å². The first kappa shape index (κ1) is 18.4. The van der Waals surface area contributed by atoms with Crippen LogP contribution in [0.1, 0.15) is 18.5 Å². The van der Waals surface area contributed by atoms with Crippen molar-refractivity contribution in [2.45, 2.75) is 19.8 Å². The second kappa shape index (κ2) is 8.39. The minimum Gasteiger partial charge on any atom is -0.381 e. The molecule has 8 nitrogen and oxygen atoms in total. The van der Waals surface area contributed by atoms with E-state index in [9.17, 15) is 4.79 Å². The summed E-state index contributed by atoms with van der Waals surface area (Å²) in [6, 6.07) is 2.04. The van der Waals surface area contributed by atoms with E-state index in [1.165, 1.54) is 0 Å². The van der Waals surface area contributed by atoms with Gasteiger partial charge in [-0.05, 0) is 19.8 Å². The van der Waals surface area contributed by atoms with Gasteiger partial charge >= 0.3 is 0 Å². The summed E-state index contributed by atoms with van der Waals surface area (Å²) in [6.07, 6.45) is 1.71. The zero-order chi connectivity index (χ0) is 18.6. The summed E-state index contributed by atoms with van der Waals surface area (Å²) >= 11 is 0. The van der Waals surface area contributed by atoms with E-state index in [1.54, 1.807) is 0 Å². The van der Waals surface area contributed by atoms with Crippen LogP contribution >= 0.6 is 0 Å². The van der Waals surface area contributed by atoms with Crippen LogP contribution in [0.2, 0.25) is 0 Å². The Balaban J connectivity index is 1.39. The standard InChI is InChI=1S/C19H29N5O3/c1-15-14-17(21-19(20-15)24-8-12-27-13-9-24)22-4-6-23(7-5-22)18(25)16-2-10-26-11-3-16/h14,16H,2-13H2,1H3. The van der Waals surface area contributed by atoms with Gasteiger partial charge in [0.2, 0.25) is 11.9 Å². The van der Waals surface area contributed by atoms with Gasteiger partial charge in [-0.3, -0.25) is 4.79 Å². The van der Waals surface area contributed by atoms with Gasteiger partial charge in [-0.15, -0.1) is 0 Å². The highest BCUT2D eigenvalue weighted by Crippen LogP contribution is 2.22. The van der Waals surface area contributed by atoms with E-state index in [1.807, 2.05) is 17.9 Å². The summed E-state index contributed by atoms with van der Waals surface area (Å²) < 4.78 is 10.8. The minimum absolute atomic E-state index is 0.138. The number of aryl methyl sites for hydroxylation is 1. The molecule has 0 spiro atoms. The second-order valence-electron chi connectivity index (χ2n) is 7.47. The van der Waals surface area contributed by atoms with Gasteiger partial charge in [0, 0.05) is 70.2 Å². The van der Waals surface area contributed by atoms with E-state index in [2.05, 4.69) is 14.8 Å². The Kier molecular flexibility index (Phi) is 5.73. The Morgan fingerprint density at radius 2 is 1.59 bits per heavy atom. The van der Waals surface area contributed by atoms with E-state index in [0.29, 0.717) is 19.1 Å². The fourth-order valence-electron chi connectivity index (χ4n) is 3.96. The second-order valence-corrected chi connectivity index (χ2v) is 7.47. The van der Waals surface area contributed by atoms with E-state index in [0.717, 1.165) is 82.8 Å². The number of nitrogens with zero attached hydrogens (tertiary/aromatic N) is 5. The van der Waals surface area contributed by atoms with Crippen molar-refractivity contribution in [3.8, 4) is 0 Å². The third-order valence-electron chi connectivity index (χ3n) is 5.61. The van der Waals surface area contributed by atoms with Crippen LogP contribution in [0.4, 0.5) is 11.8 Å². The molecule has 148 valence electrons. The number of aromatic nitrogens is 2. The van der Waals surface area contributed by atoms with Crippen LogP contribution in [-0.2, 0) is 14.3 Å². The van der Waals surface area contributed by atoms with Gasteiger partial charge in [0.25, 0.3) is 0 Å². The van der Waals surface area contributed by atoms with Crippen LogP contribution in [0, 0.1) is 12.8 Å². The lowest BCUT2D eigenvalue weighted by Crippen LogP contribution is -2.51. The Morgan fingerprint density at radius 1 is 0.926 bits per heavy atom. The molecule has 0 bridgehead atoms. The van der Waals surface area contributed by atoms with E-state index in [4.69, 9.17) is 14.5 Å². The first-order valence-corrected chi connectivity index (χ1v) is 10.0. The summed E-state index contributed by atoms with van der Waals surface area (Å²) in [4.78, 5) is 28.6. The van der Waals surface area contributed by atoms with Gasteiger partial charge in [0.1, 0.15) is 5.82 Å². The molecular weight excluding hydrogens is 346 g/mol. The number of carbonyl (C=O) groups is 1. The molecule has 1 aromatic heterocycles. The molecule has 27 heavy (non-hydrogen) atoms. The van der Waals surface area contributed by atoms with Crippen LogP contribution < -0.4 is 9.80 Å². The first-order chi connectivity index (χ1) is 13.2. The molecule has 3 fully saturated rings. The fraction of sp³-hybridized carbons (Fsp3) is 0.737. The van der Waals surface area contributed by atoms with Crippen LogP contribution in [0.25, 0.3) is 0 Å². The maximum Gasteiger partial charge on any atom is 0.227 e. The van der Waals surface area contributed by atoms with Crippen molar-refractivity contribution in [2.24, 2.45) is 5.92 Å². The number of carbonyl (C=O) groups excluding carboxylic acids is 1. The quantitative estimate of drug-likeness (QED) is 0.770. The van der Waals surface area contributed by atoms with Gasteiger partial charge in [0.05, 0.1) is 13.2 Å². The van der Waals surface area contributed by atoms with Crippen molar-refractivity contribution >= 4 is 17.7 Å². The van der Waals surface area contributed by atoms with E-state index in [-0.39, 0.29) is 5.92 Å². The zero-order valence-corrected chi connectivity index (χ0v) is 16.1. The number of hydrogen-bond donors (Lipinski definition) is 0. The highest BCUT2D eigenvalue weighted by atomic mass is 16.5. The molecule has 0 radical (unpaired) electrons. The Bertz CT molecular complexity index is 651. The SMILES string of the molecule is Cc1cc(N2CCN(C(=O)C3CCOCC3)CC2)nc(N2CCOCC2)n1. The molecule has 3 saturated heterocycles. The summed E-state index contributed by atoms with van der Waals surface area (Å²) in [6.45, 7) is 9.67. The smallest absolute Gasteiger partial charge is 0.227 e. The van der Waals surface area contributed by atoms with Crippen LogP contribution in [-0.4, -0.2) is 86.5 Å². The molecule has 4 rings (SSSR count). The van der Waals surface area contributed by atoms with Crippen LogP contribution in [0.5, 0.6) is 0 Å². The molecule has 4 heterocycles. The lowest BCUT2D eigenvalue weighted by molar-refractivity contribution is -0.138. The number of morpholine rings is 1. The molecule has 3 aliphatic rings. The van der Waals surface area contributed by atoms with Gasteiger partial charge in [-0.25, -0.2) is 4.98 Å². The molecule has 1 aromatic rings. The third kappa shape index (κ3) is 4.32. The van der Waals surface area contributed by atoms with Gasteiger partial charge in [0.15, 0.2) is 0 Å². The summed E-state index contributed by atoms with van der Waals surface area (Å²) in [5, 5.41) is 0. The number of hydrogen-bond acceptors (Lipinski definition) is 7. The third-order valence-corrected chi connectivity index (χ3v) is 5.61. The average molecular weight is 375 g/mol. The normalized spacial score (nSPS) is 22.2. The van der Waals surface area contributed by atoms with Crippen LogP contribution in [0.15, 0.2) is 6.07 Å². The molecule has 0 aliphatic carbocycles. The van der Waals surface area contributed by atoms with E-state index >= 15 is 0 Å². The fourth-order valence-corrected chi connectivity index (χ4v) is 3.96. The summed E-state index contributed by atoms with van der Waals surface area (Å²) in [5.74, 6) is 2.18. The van der Waals surface area contributed by atoms with Crippen molar-refractivity contribution in [1.29, 1.82) is 0 Å². The minimum atomic E-state index is 0.138. The molecule has 0 atom stereocenters. The molecule has 0 unspecified atom stereocenters. The monoisotopic (exact) mass is 375 g/mol. The largest absolute Gasteiger partial charge is 0.381 e. The Morgan fingerprint density at radius 3 is 2.30 bits per heavy atom. The maximum absolute atomic E-state index is 12.7. The molecule has 0 N–H and O–H groups in total. The lowest BCUT2D eigenvalue weighted by atomic mass is 9.98. The van der Waals surface area contributed by atoms with Crippen molar-refractivity contribution in [3.05, 3.63) is 11.8 Å². The average Bonchev–Trinajstić information content (AvgIpc) is 2.74. The topological polar surface area (TPSA) is 71.0 Å². The molecule has 8 heteroatoms. The lowest BCUT2D eigenvalue weighted by Gasteiger charge is -2.38. The molecule has 3 aliphatic heterocycles. The zero-order valence-electron chi connectivity index (χ0n) is 16.1. The number of ether oxygens (including phenoxy) is 2. The van der Waals surface area contributed by atoms with Crippen molar-refractivity contribution in [3.63, 3.8) is 0 Å². The number of anilines is 2. The highest BCUT2D eigenvalue weighted by molar-refractivity contribution is 5.79. The van der Waals surface area contributed by atoms with Crippen LogP contribution in [0.3, 0.4) is 0 Å². The maximum atomic E-state index is 12.7. The number of amides is 1. The summed E-state index contributed by atoms with van der Waals surface area (Å²) in [5.41, 5.74) is 0.974. The molecule has 0 saturated carbocycles. The van der Waals surface area contributed by atoms with Crippen molar-refractivity contribution in [2.75, 3.05) is 75.5 Å². The van der Waals surface area contributed by atoms with Gasteiger partial charge in [-0.2, -0.15) is 4.98 Å². The van der Waals surface area contributed by atoms with Gasteiger partial charge < -0.3 is 24.2 Å². The molecule has 1 amide bonds. The first-order valence-electron chi connectivity index (χ1n) is 10.0. The number of piperazine rings is 1. The van der Waals surface area contributed by atoms with Gasteiger partial charge in [-0.1, -0.05) is 0 Å². The Labute approximate surface area is 160 Å². The van der Waals surface area contributed by atoms with E-state index < -0.39 is 0 Å². The predicted octanol–water partition coefficient (Wildman–Crippen LogP) is 0.697. The van der Waals surface area contributed by atoms with Crippen molar-refractivity contribution in [1.82, 2.24) is 14.9 Å². The molecular formula is C19H29N5O3. The predicted molar refractivity (Wildman–Crippen MR) is 102 cm³/mol.